The molecule has 0 fully saturated rings. The lowest BCUT2D eigenvalue weighted by molar-refractivity contribution is 1.17. The maximum atomic E-state index is 5.58. The fourth-order valence-corrected chi connectivity index (χ4v) is 1.28. The zero-order valence-corrected chi connectivity index (χ0v) is 7.81. The number of rotatable bonds is 1. The van der Waals surface area contributed by atoms with Gasteiger partial charge in [0.15, 0.2) is 0 Å². The highest BCUT2D eigenvalue weighted by Crippen LogP contribution is 2.20. The van der Waals surface area contributed by atoms with Crippen molar-refractivity contribution in [3.05, 3.63) is 36.4 Å². The summed E-state index contributed by atoms with van der Waals surface area (Å²) in [5.74, 6) is 0.478. The highest BCUT2D eigenvalue weighted by atomic mass is 14.9. The zero-order valence-electron chi connectivity index (χ0n) is 7.81. The average Bonchev–Trinajstić information content (AvgIpc) is 2.18. The van der Waals surface area contributed by atoms with Crippen LogP contribution in [-0.2, 0) is 0 Å². The Bertz CT molecular complexity index is 453. The second-order valence-electron chi connectivity index (χ2n) is 3.02. The molecule has 0 atom stereocenters. The first-order chi connectivity index (χ1) is 6.77. The molecule has 14 heavy (non-hydrogen) atoms. The van der Waals surface area contributed by atoms with E-state index in [-0.39, 0.29) is 0 Å². The van der Waals surface area contributed by atoms with Gasteiger partial charge in [0, 0.05) is 24.0 Å². The standard InChI is InChI=1S/C10H10N4/c1-7-5-12-3-2-8(7)9-4-10(11)14-6-13-9/h2-6H,1H3,(H2,11,13,14). The molecule has 2 aromatic rings. The van der Waals surface area contributed by atoms with Crippen LogP contribution >= 0.6 is 0 Å². The first kappa shape index (κ1) is 8.62. The molecule has 0 amide bonds. The zero-order chi connectivity index (χ0) is 9.97. The van der Waals surface area contributed by atoms with Crippen molar-refractivity contribution in [3.63, 3.8) is 0 Å². The van der Waals surface area contributed by atoms with Crippen molar-refractivity contribution < 1.29 is 0 Å². The maximum absolute atomic E-state index is 5.58. The predicted molar refractivity (Wildman–Crippen MR) is 54.4 cm³/mol. The Labute approximate surface area is 81.9 Å². The Balaban J connectivity index is 2.55. The average molecular weight is 186 g/mol. The van der Waals surface area contributed by atoms with Crippen LogP contribution < -0.4 is 5.73 Å². The van der Waals surface area contributed by atoms with Crippen molar-refractivity contribution in [2.75, 3.05) is 5.73 Å². The molecule has 0 aromatic carbocycles. The van der Waals surface area contributed by atoms with Gasteiger partial charge >= 0.3 is 0 Å². The van der Waals surface area contributed by atoms with Gasteiger partial charge in [0.2, 0.25) is 0 Å². The Hall–Kier alpha value is -1.97. The van der Waals surface area contributed by atoms with E-state index < -0.39 is 0 Å². The van der Waals surface area contributed by atoms with Gasteiger partial charge in [-0.2, -0.15) is 0 Å². The minimum absolute atomic E-state index is 0.478. The molecule has 2 rings (SSSR count). The van der Waals surface area contributed by atoms with E-state index in [4.69, 9.17) is 5.73 Å². The molecule has 0 unspecified atom stereocenters. The summed E-state index contributed by atoms with van der Waals surface area (Å²) in [5, 5.41) is 0. The van der Waals surface area contributed by atoms with Gasteiger partial charge in [-0.15, -0.1) is 0 Å². The van der Waals surface area contributed by atoms with E-state index in [1.165, 1.54) is 6.33 Å². The van der Waals surface area contributed by atoms with Crippen molar-refractivity contribution in [2.24, 2.45) is 0 Å². The van der Waals surface area contributed by atoms with Gasteiger partial charge in [0.25, 0.3) is 0 Å². The SMILES string of the molecule is Cc1cnccc1-c1cc(N)ncn1. The normalized spacial score (nSPS) is 10.1. The van der Waals surface area contributed by atoms with E-state index in [0.717, 1.165) is 16.8 Å². The van der Waals surface area contributed by atoms with Gasteiger partial charge in [0.1, 0.15) is 12.1 Å². The molecule has 4 heteroatoms. The van der Waals surface area contributed by atoms with E-state index >= 15 is 0 Å². The van der Waals surface area contributed by atoms with Crippen molar-refractivity contribution >= 4 is 5.82 Å². The second-order valence-corrected chi connectivity index (χ2v) is 3.02. The molecule has 2 N–H and O–H groups in total. The molecule has 0 saturated heterocycles. The quantitative estimate of drug-likeness (QED) is 0.731. The largest absolute Gasteiger partial charge is 0.384 e. The van der Waals surface area contributed by atoms with Crippen LogP contribution in [0.15, 0.2) is 30.9 Å². The van der Waals surface area contributed by atoms with E-state index in [2.05, 4.69) is 15.0 Å². The summed E-state index contributed by atoms with van der Waals surface area (Å²) in [4.78, 5) is 12.0. The van der Waals surface area contributed by atoms with Crippen LogP contribution in [0.2, 0.25) is 0 Å². The van der Waals surface area contributed by atoms with E-state index in [1.807, 2.05) is 13.0 Å². The highest BCUT2D eigenvalue weighted by molar-refractivity contribution is 5.64. The molecule has 0 radical (unpaired) electrons. The topological polar surface area (TPSA) is 64.7 Å². The number of hydrogen-bond acceptors (Lipinski definition) is 4. The lowest BCUT2D eigenvalue weighted by Crippen LogP contribution is -1.94. The summed E-state index contributed by atoms with van der Waals surface area (Å²) in [5.41, 5.74) is 8.52. The first-order valence-corrected chi connectivity index (χ1v) is 4.26. The molecule has 0 bridgehead atoms. The van der Waals surface area contributed by atoms with Crippen molar-refractivity contribution in [1.82, 2.24) is 15.0 Å². The Morgan fingerprint density at radius 2 is 2.14 bits per heavy atom. The first-order valence-electron chi connectivity index (χ1n) is 4.26. The Morgan fingerprint density at radius 1 is 1.29 bits per heavy atom. The second kappa shape index (κ2) is 3.41. The monoisotopic (exact) mass is 186 g/mol. The lowest BCUT2D eigenvalue weighted by Gasteiger charge is -2.03. The molecule has 4 nitrogen and oxygen atoms in total. The van der Waals surface area contributed by atoms with Gasteiger partial charge in [-0.1, -0.05) is 0 Å². The van der Waals surface area contributed by atoms with Crippen LogP contribution in [-0.4, -0.2) is 15.0 Å². The lowest BCUT2D eigenvalue weighted by atomic mass is 10.1. The summed E-state index contributed by atoms with van der Waals surface area (Å²) < 4.78 is 0. The third kappa shape index (κ3) is 1.54. The summed E-state index contributed by atoms with van der Waals surface area (Å²) in [6.07, 6.45) is 5.00. The third-order valence-corrected chi connectivity index (χ3v) is 1.98. The van der Waals surface area contributed by atoms with E-state index in [0.29, 0.717) is 5.82 Å². The molecule has 70 valence electrons. The van der Waals surface area contributed by atoms with Crippen LogP contribution in [0.25, 0.3) is 11.3 Å². The number of aryl methyl sites for hydroxylation is 1. The number of nitrogens with two attached hydrogens (primary N) is 1. The summed E-state index contributed by atoms with van der Waals surface area (Å²) in [6, 6.07) is 3.67. The molecule has 0 aliphatic carbocycles. The molecule has 2 aromatic heterocycles. The molecule has 0 aliphatic rings. The number of nitrogen functional groups attached to an aromatic ring is 1. The van der Waals surface area contributed by atoms with Crippen molar-refractivity contribution in [1.29, 1.82) is 0 Å². The molecule has 0 spiro atoms. The smallest absolute Gasteiger partial charge is 0.127 e. The number of nitrogens with zero attached hydrogens (tertiary/aromatic N) is 3. The van der Waals surface area contributed by atoms with Crippen LogP contribution in [0.1, 0.15) is 5.56 Å². The van der Waals surface area contributed by atoms with Crippen LogP contribution in [0.3, 0.4) is 0 Å². The predicted octanol–water partition coefficient (Wildman–Crippen LogP) is 1.43. The fraction of sp³-hybridized carbons (Fsp3) is 0.100. The fourth-order valence-electron chi connectivity index (χ4n) is 1.28. The van der Waals surface area contributed by atoms with Gasteiger partial charge in [-0.05, 0) is 18.6 Å². The number of anilines is 1. The van der Waals surface area contributed by atoms with Crippen molar-refractivity contribution in [3.8, 4) is 11.3 Å². The third-order valence-electron chi connectivity index (χ3n) is 1.98. The molecular formula is C10H10N4. The number of hydrogen-bond donors (Lipinski definition) is 1. The molecule has 0 saturated carbocycles. The Morgan fingerprint density at radius 3 is 2.86 bits per heavy atom. The summed E-state index contributed by atoms with van der Waals surface area (Å²) >= 11 is 0. The van der Waals surface area contributed by atoms with Gasteiger partial charge in [-0.3, -0.25) is 4.98 Å². The van der Waals surface area contributed by atoms with Gasteiger partial charge in [0.05, 0.1) is 5.69 Å². The van der Waals surface area contributed by atoms with Gasteiger partial charge in [-0.25, -0.2) is 9.97 Å². The van der Waals surface area contributed by atoms with Crippen LogP contribution in [0.5, 0.6) is 0 Å². The highest BCUT2D eigenvalue weighted by Gasteiger charge is 2.02. The minimum Gasteiger partial charge on any atom is -0.384 e. The van der Waals surface area contributed by atoms with E-state index in [9.17, 15) is 0 Å². The number of aromatic nitrogens is 3. The summed E-state index contributed by atoms with van der Waals surface area (Å²) in [6.45, 7) is 1.99. The van der Waals surface area contributed by atoms with Gasteiger partial charge < -0.3 is 5.73 Å². The van der Waals surface area contributed by atoms with Crippen LogP contribution in [0, 0.1) is 6.92 Å². The van der Waals surface area contributed by atoms with E-state index in [1.54, 1.807) is 18.5 Å². The molecule has 2 heterocycles. The van der Waals surface area contributed by atoms with Crippen molar-refractivity contribution in [2.45, 2.75) is 6.92 Å². The maximum Gasteiger partial charge on any atom is 0.127 e. The Kier molecular flexibility index (Phi) is 2.10. The molecular weight excluding hydrogens is 176 g/mol. The number of pyridine rings is 1. The minimum atomic E-state index is 0.478. The summed E-state index contributed by atoms with van der Waals surface area (Å²) in [7, 11) is 0. The van der Waals surface area contributed by atoms with Crippen LogP contribution in [0.4, 0.5) is 5.82 Å². The molecule has 0 aliphatic heterocycles.